The van der Waals surface area contributed by atoms with Crippen LogP contribution in [0.2, 0.25) is 0 Å². The summed E-state index contributed by atoms with van der Waals surface area (Å²) in [5.74, 6) is 0.422. The largest absolute Gasteiger partial charge is 0.416 e. The average Bonchev–Trinajstić information content (AvgIpc) is 3.22. The number of sulfonamides is 1. The molecule has 1 aliphatic rings. The summed E-state index contributed by atoms with van der Waals surface area (Å²) >= 11 is 0. The molecule has 2 aromatic carbocycles. The van der Waals surface area contributed by atoms with E-state index in [4.69, 9.17) is 0 Å². The van der Waals surface area contributed by atoms with Gasteiger partial charge in [-0.05, 0) is 40.3 Å². The molecular formula is C20H21F3N6O2S. The normalized spacial score (nSPS) is 16.3. The molecule has 1 aromatic heterocycles. The molecular weight excluding hydrogens is 445 g/mol. The lowest BCUT2D eigenvalue weighted by molar-refractivity contribution is -0.137. The van der Waals surface area contributed by atoms with Gasteiger partial charge in [0.05, 0.1) is 23.5 Å². The predicted molar refractivity (Wildman–Crippen MR) is 110 cm³/mol. The van der Waals surface area contributed by atoms with Crippen molar-refractivity contribution in [3.8, 4) is 5.69 Å². The second-order valence-corrected chi connectivity index (χ2v) is 9.44. The van der Waals surface area contributed by atoms with E-state index in [9.17, 15) is 21.6 Å². The van der Waals surface area contributed by atoms with Gasteiger partial charge < -0.3 is 0 Å². The number of nitrogens with zero attached hydrogens (tertiary/aromatic N) is 6. The molecule has 4 rings (SSSR count). The highest BCUT2D eigenvalue weighted by Crippen LogP contribution is 2.29. The van der Waals surface area contributed by atoms with Crippen LogP contribution in [0, 0.1) is 0 Å². The number of alkyl halides is 3. The highest BCUT2D eigenvalue weighted by atomic mass is 32.2. The van der Waals surface area contributed by atoms with E-state index >= 15 is 0 Å². The zero-order valence-electron chi connectivity index (χ0n) is 17.0. The first kappa shape index (κ1) is 22.4. The molecule has 2 heterocycles. The molecule has 32 heavy (non-hydrogen) atoms. The Morgan fingerprint density at radius 3 is 2.19 bits per heavy atom. The molecule has 0 spiro atoms. The number of tetrazole rings is 1. The van der Waals surface area contributed by atoms with E-state index in [-0.39, 0.29) is 5.75 Å². The number of halogens is 3. The SMILES string of the molecule is O=S(=O)(Cc1ccccc1)N1CCN(Cc2nnnn2-c2ccc(C(F)(F)F)cc2)CC1. The van der Waals surface area contributed by atoms with Crippen LogP contribution in [-0.2, 0) is 28.5 Å². The molecule has 0 amide bonds. The van der Waals surface area contributed by atoms with E-state index in [1.807, 2.05) is 23.1 Å². The minimum atomic E-state index is -4.41. The lowest BCUT2D eigenvalue weighted by Crippen LogP contribution is -2.48. The zero-order chi connectivity index (χ0) is 22.8. The molecule has 1 aliphatic heterocycles. The maximum absolute atomic E-state index is 12.8. The minimum absolute atomic E-state index is 0.0417. The van der Waals surface area contributed by atoms with E-state index in [1.165, 1.54) is 21.1 Å². The van der Waals surface area contributed by atoms with Crippen LogP contribution in [0.25, 0.3) is 5.69 Å². The van der Waals surface area contributed by atoms with Crippen LogP contribution in [0.4, 0.5) is 13.2 Å². The van der Waals surface area contributed by atoms with Crippen LogP contribution in [-0.4, -0.2) is 64.0 Å². The molecule has 8 nitrogen and oxygen atoms in total. The minimum Gasteiger partial charge on any atom is -0.293 e. The Balaban J connectivity index is 1.38. The first-order valence-corrected chi connectivity index (χ1v) is 11.5. The summed E-state index contributed by atoms with van der Waals surface area (Å²) in [4.78, 5) is 2.01. The molecule has 0 radical (unpaired) electrons. The van der Waals surface area contributed by atoms with Gasteiger partial charge in [0.1, 0.15) is 0 Å². The Morgan fingerprint density at radius 1 is 0.906 bits per heavy atom. The number of hydrogen-bond donors (Lipinski definition) is 0. The zero-order valence-corrected chi connectivity index (χ0v) is 17.8. The Bertz CT molecular complexity index is 1140. The smallest absolute Gasteiger partial charge is 0.293 e. The van der Waals surface area contributed by atoms with Gasteiger partial charge in [0, 0.05) is 26.2 Å². The van der Waals surface area contributed by atoms with Gasteiger partial charge in [-0.25, -0.2) is 8.42 Å². The number of aromatic nitrogens is 4. The number of hydrogen-bond acceptors (Lipinski definition) is 6. The quantitative estimate of drug-likeness (QED) is 0.555. The van der Waals surface area contributed by atoms with Crippen molar-refractivity contribution >= 4 is 10.0 Å². The number of piperazine rings is 1. The van der Waals surface area contributed by atoms with Crippen LogP contribution in [0.3, 0.4) is 0 Å². The van der Waals surface area contributed by atoms with Gasteiger partial charge in [0.15, 0.2) is 5.82 Å². The molecule has 0 saturated carbocycles. The van der Waals surface area contributed by atoms with Crippen molar-refractivity contribution in [3.05, 3.63) is 71.5 Å². The fourth-order valence-corrected chi connectivity index (χ4v) is 5.05. The molecule has 170 valence electrons. The van der Waals surface area contributed by atoms with Crippen LogP contribution >= 0.6 is 0 Å². The summed E-state index contributed by atoms with van der Waals surface area (Å²) in [5.41, 5.74) is 0.413. The van der Waals surface area contributed by atoms with Gasteiger partial charge in [0.2, 0.25) is 10.0 Å². The van der Waals surface area contributed by atoms with Crippen LogP contribution in [0.5, 0.6) is 0 Å². The highest BCUT2D eigenvalue weighted by Gasteiger charge is 2.30. The summed E-state index contributed by atoms with van der Waals surface area (Å²) in [5, 5.41) is 11.5. The van der Waals surface area contributed by atoms with Gasteiger partial charge >= 0.3 is 6.18 Å². The number of benzene rings is 2. The second kappa shape index (κ2) is 8.96. The van der Waals surface area contributed by atoms with Gasteiger partial charge in [0.25, 0.3) is 0 Å². The van der Waals surface area contributed by atoms with E-state index < -0.39 is 21.8 Å². The molecule has 0 aliphatic carbocycles. The Labute approximate surface area is 183 Å². The lowest BCUT2D eigenvalue weighted by Gasteiger charge is -2.33. The lowest BCUT2D eigenvalue weighted by atomic mass is 10.2. The Kier molecular flexibility index (Phi) is 6.26. The summed E-state index contributed by atoms with van der Waals surface area (Å²) < 4.78 is 66.6. The summed E-state index contributed by atoms with van der Waals surface area (Å²) in [6.07, 6.45) is -4.41. The fraction of sp³-hybridized carbons (Fsp3) is 0.350. The van der Waals surface area contributed by atoms with E-state index in [0.29, 0.717) is 44.2 Å². The predicted octanol–water partition coefficient (Wildman–Crippen LogP) is 2.33. The number of rotatable bonds is 6. The van der Waals surface area contributed by atoms with Crippen molar-refractivity contribution in [2.75, 3.05) is 26.2 Å². The standard InChI is InChI=1S/C20H21F3N6O2S/c21-20(22,23)17-6-8-18(9-7-17)29-19(24-25-26-29)14-27-10-12-28(13-11-27)32(30,31)15-16-4-2-1-3-5-16/h1-9H,10-15H2. The van der Waals surface area contributed by atoms with Crippen molar-refractivity contribution in [1.82, 2.24) is 29.4 Å². The van der Waals surface area contributed by atoms with Crippen molar-refractivity contribution in [1.29, 1.82) is 0 Å². The third-order valence-corrected chi connectivity index (χ3v) is 7.10. The first-order chi connectivity index (χ1) is 15.2. The van der Waals surface area contributed by atoms with Crippen LogP contribution in [0.1, 0.15) is 17.0 Å². The maximum Gasteiger partial charge on any atom is 0.416 e. The summed E-state index contributed by atoms with van der Waals surface area (Å²) in [6, 6.07) is 13.6. The molecule has 0 unspecified atom stereocenters. The first-order valence-electron chi connectivity index (χ1n) is 9.91. The molecule has 0 bridgehead atoms. The van der Waals surface area contributed by atoms with E-state index in [2.05, 4.69) is 15.5 Å². The Hall–Kier alpha value is -2.83. The van der Waals surface area contributed by atoms with Gasteiger partial charge in [-0.3, -0.25) is 4.90 Å². The fourth-order valence-electron chi connectivity index (χ4n) is 3.54. The third-order valence-electron chi connectivity index (χ3n) is 5.25. The second-order valence-electron chi connectivity index (χ2n) is 7.47. The van der Waals surface area contributed by atoms with Gasteiger partial charge in [-0.15, -0.1) is 5.10 Å². The third kappa shape index (κ3) is 5.14. The van der Waals surface area contributed by atoms with Crippen molar-refractivity contribution in [3.63, 3.8) is 0 Å². The van der Waals surface area contributed by atoms with Crippen molar-refractivity contribution < 1.29 is 21.6 Å². The maximum atomic E-state index is 12.8. The molecule has 0 N–H and O–H groups in total. The van der Waals surface area contributed by atoms with Gasteiger partial charge in [-0.2, -0.15) is 22.2 Å². The van der Waals surface area contributed by atoms with Gasteiger partial charge in [-0.1, -0.05) is 30.3 Å². The molecule has 1 fully saturated rings. The monoisotopic (exact) mass is 466 g/mol. The molecule has 0 atom stereocenters. The van der Waals surface area contributed by atoms with E-state index in [1.54, 1.807) is 12.1 Å². The average molecular weight is 466 g/mol. The highest BCUT2D eigenvalue weighted by molar-refractivity contribution is 7.88. The summed E-state index contributed by atoms with van der Waals surface area (Å²) in [6.45, 7) is 2.02. The van der Waals surface area contributed by atoms with Crippen LogP contribution in [0.15, 0.2) is 54.6 Å². The van der Waals surface area contributed by atoms with Crippen molar-refractivity contribution in [2.24, 2.45) is 0 Å². The summed E-state index contributed by atoms with van der Waals surface area (Å²) in [7, 11) is -3.42. The van der Waals surface area contributed by atoms with Crippen molar-refractivity contribution in [2.45, 2.75) is 18.5 Å². The molecule has 12 heteroatoms. The topological polar surface area (TPSA) is 84.2 Å². The van der Waals surface area contributed by atoms with Crippen LogP contribution < -0.4 is 0 Å². The molecule has 3 aromatic rings. The Morgan fingerprint density at radius 2 is 1.56 bits per heavy atom. The van der Waals surface area contributed by atoms with E-state index in [0.717, 1.165) is 17.7 Å². The molecule has 1 saturated heterocycles.